The molecule has 1 N–H and O–H groups in total. The van der Waals surface area contributed by atoms with Crippen LogP contribution >= 0.6 is 11.6 Å². The topological polar surface area (TPSA) is 63.8 Å². The molecule has 2 aromatic heterocycles. The highest BCUT2D eigenvalue weighted by Gasteiger charge is 2.26. The summed E-state index contributed by atoms with van der Waals surface area (Å²) in [6, 6.07) is 7.96. The second kappa shape index (κ2) is 6.64. The van der Waals surface area contributed by atoms with Crippen molar-refractivity contribution in [2.45, 2.75) is 39.2 Å². The molecule has 4 rings (SSSR count). The number of nitrogens with zero attached hydrogens (tertiary/aromatic N) is 3. The molecule has 1 saturated carbocycles. The van der Waals surface area contributed by atoms with Crippen LogP contribution in [-0.4, -0.2) is 21.2 Å². The Balaban J connectivity index is 1.71. The largest absolute Gasteiger partial charge is 0.367 e. The van der Waals surface area contributed by atoms with Gasteiger partial charge in [-0.25, -0.2) is 4.98 Å². The minimum Gasteiger partial charge on any atom is -0.367 e. The average molecular weight is 357 g/mol. The van der Waals surface area contributed by atoms with Crippen molar-refractivity contribution in [1.29, 1.82) is 0 Å². The number of benzene rings is 1. The van der Waals surface area contributed by atoms with Crippen molar-refractivity contribution in [3.05, 3.63) is 35.6 Å². The summed E-state index contributed by atoms with van der Waals surface area (Å²) in [5, 5.41) is 9.35. The Morgan fingerprint density at radius 1 is 1.04 bits per heavy atom. The molecule has 0 amide bonds. The quantitative estimate of drug-likeness (QED) is 0.700. The van der Waals surface area contributed by atoms with Gasteiger partial charge in [-0.3, -0.25) is 0 Å². The molecular formula is C19H21ClN4O. The Morgan fingerprint density at radius 2 is 1.76 bits per heavy atom. The Bertz CT molecular complexity index is 867. The molecule has 0 radical (unpaired) electrons. The number of hydrogen-bond donors (Lipinski definition) is 1. The maximum Gasteiger partial charge on any atom is 0.263 e. The van der Waals surface area contributed by atoms with E-state index >= 15 is 0 Å². The molecule has 0 bridgehead atoms. The fourth-order valence-electron chi connectivity index (χ4n) is 3.96. The first kappa shape index (κ1) is 16.3. The molecule has 2 unspecified atom stereocenters. The maximum absolute atomic E-state index is 6.00. The van der Waals surface area contributed by atoms with E-state index in [0.29, 0.717) is 16.8 Å². The van der Waals surface area contributed by atoms with Gasteiger partial charge in [0.25, 0.3) is 5.71 Å². The molecule has 1 aromatic carbocycles. The zero-order valence-corrected chi connectivity index (χ0v) is 15.1. The minimum absolute atomic E-state index is 0.407. The summed E-state index contributed by atoms with van der Waals surface area (Å²) in [6.07, 6.45) is 5.12. The van der Waals surface area contributed by atoms with Crippen LogP contribution in [0.1, 0.15) is 33.1 Å². The third kappa shape index (κ3) is 3.33. The van der Waals surface area contributed by atoms with Crippen molar-refractivity contribution >= 4 is 28.5 Å². The lowest BCUT2D eigenvalue weighted by Crippen LogP contribution is -2.30. The molecule has 1 fully saturated rings. The summed E-state index contributed by atoms with van der Waals surface area (Å²) >= 11 is 6.00. The molecule has 1 aliphatic carbocycles. The molecule has 25 heavy (non-hydrogen) atoms. The summed E-state index contributed by atoms with van der Waals surface area (Å²) in [5.74, 6) is 2.23. The fraction of sp³-hybridized carbons (Fsp3) is 0.421. The predicted molar refractivity (Wildman–Crippen MR) is 99.6 cm³/mol. The number of aromatic nitrogens is 3. The van der Waals surface area contributed by atoms with E-state index in [4.69, 9.17) is 16.1 Å². The number of anilines is 1. The average Bonchev–Trinajstić information content (AvgIpc) is 3.00. The van der Waals surface area contributed by atoms with Crippen molar-refractivity contribution in [2.24, 2.45) is 11.8 Å². The molecule has 0 aliphatic heterocycles. The number of nitrogens with one attached hydrogen (secondary N) is 1. The van der Waals surface area contributed by atoms with E-state index in [1.165, 1.54) is 12.7 Å². The molecule has 3 aromatic rings. The summed E-state index contributed by atoms with van der Waals surface area (Å²) in [7, 11) is 0. The number of rotatable bonds is 3. The molecule has 6 heteroatoms. The Hall–Kier alpha value is -2.14. The molecule has 0 spiro atoms. The zero-order chi connectivity index (χ0) is 17.4. The molecule has 2 atom stereocenters. The van der Waals surface area contributed by atoms with Gasteiger partial charge in [-0.2, -0.15) is 4.98 Å². The maximum atomic E-state index is 6.00. The van der Waals surface area contributed by atoms with Gasteiger partial charge in [0.15, 0.2) is 0 Å². The fourth-order valence-corrected chi connectivity index (χ4v) is 4.08. The number of fused-ring (bicyclic) bond motifs is 1. The first-order valence-electron chi connectivity index (χ1n) is 8.73. The zero-order valence-electron chi connectivity index (χ0n) is 14.4. The summed E-state index contributed by atoms with van der Waals surface area (Å²) in [5.41, 5.74) is 2.18. The van der Waals surface area contributed by atoms with Gasteiger partial charge in [-0.1, -0.05) is 42.7 Å². The molecule has 1 aliphatic rings. The highest BCUT2D eigenvalue weighted by Crippen LogP contribution is 2.35. The number of halogens is 1. The normalized spacial score (nSPS) is 23.7. The summed E-state index contributed by atoms with van der Waals surface area (Å²) in [4.78, 5) is 8.70. The van der Waals surface area contributed by atoms with Crippen LogP contribution in [0, 0.1) is 11.8 Å². The van der Waals surface area contributed by atoms with Gasteiger partial charge in [0.1, 0.15) is 23.2 Å². The lowest BCUT2D eigenvalue weighted by Gasteiger charge is -2.32. The van der Waals surface area contributed by atoms with Crippen LogP contribution < -0.4 is 5.32 Å². The van der Waals surface area contributed by atoms with Gasteiger partial charge < -0.3 is 9.84 Å². The van der Waals surface area contributed by atoms with Crippen molar-refractivity contribution in [1.82, 2.24) is 15.1 Å². The van der Waals surface area contributed by atoms with Crippen molar-refractivity contribution < 1.29 is 4.52 Å². The number of hydrogen-bond acceptors (Lipinski definition) is 5. The highest BCUT2D eigenvalue weighted by atomic mass is 35.5. The van der Waals surface area contributed by atoms with E-state index in [9.17, 15) is 0 Å². The molecular weight excluding hydrogens is 336 g/mol. The van der Waals surface area contributed by atoms with E-state index < -0.39 is 0 Å². The molecule has 5 nitrogen and oxygen atoms in total. The van der Waals surface area contributed by atoms with Gasteiger partial charge in [-0.05, 0) is 43.2 Å². The SMILES string of the molecule is CC1CC(C)CC(Nc2ncnc3onc(-c4ccc(Cl)cc4)c23)C1. The van der Waals surface area contributed by atoms with Crippen LogP contribution in [0.5, 0.6) is 0 Å². The minimum atomic E-state index is 0.407. The van der Waals surface area contributed by atoms with Gasteiger partial charge in [0, 0.05) is 16.6 Å². The molecule has 0 saturated heterocycles. The van der Waals surface area contributed by atoms with Crippen molar-refractivity contribution in [3.8, 4) is 11.3 Å². The van der Waals surface area contributed by atoms with E-state index in [2.05, 4.69) is 34.3 Å². The van der Waals surface area contributed by atoms with Crippen molar-refractivity contribution in [2.75, 3.05) is 5.32 Å². The van der Waals surface area contributed by atoms with Crippen LogP contribution in [0.15, 0.2) is 35.1 Å². The van der Waals surface area contributed by atoms with Gasteiger partial charge in [-0.15, -0.1) is 0 Å². The second-order valence-electron chi connectivity index (χ2n) is 7.20. The lowest BCUT2D eigenvalue weighted by molar-refractivity contribution is 0.280. The van der Waals surface area contributed by atoms with E-state index in [1.807, 2.05) is 24.3 Å². The Labute approximate surface area is 151 Å². The predicted octanol–water partition coefficient (Wildman–Crippen LogP) is 5.17. The first-order valence-corrected chi connectivity index (χ1v) is 9.11. The van der Waals surface area contributed by atoms with Crippen LogP contribution in [0.2, 0.25) is 5.02 Å². The van der Waals surface area contributed by atoms with E-state index in [-0.39, 0.29) is 0 Å². The third-order valence-electron chi connectivity index (χ3n) is 4.91. The Morgan fingerprint density at radius 3 is 2.48 bits per heavy atom. The van der Waals surface area contributed by atoms with Crippen LogP contribution in [0.4, 0.5) is 5.82 Å². The monoisotopic (exact) mass is 356 g/mol. The first-order chi connectivity index (χ1) is 12.1. The summed E-state index contributed by atoms with van der Waals surface area (Å²) < 4.78 is 5.43. The molecule has 130 valence electrons. The van der Waals surface area contributed by atoms with E-state index in [0.717, 1.165) is 47.1 Å². The van der Waals surface area contributed by atoms with Gasteiger partial charge in [0.2, 0.25) is 0 Å². The third-order valence-corrected chi connectivity index (χ3v) is 5.16. The van der Waals surface area contributed by atoms with E-state index in [1.54, 1.807) is 0 Å². The standard InChI is InChI=1S/C19H21ClN4O/c1-11-7-12(2)9-15(8-11)23-18-16-17(13-3-5-14(20)6-4-13)24-25-19(16)22-10-21-18/h3-6,10-12,15H,7-9H2,1-2H3,(H,21,22,23). The molecule has 2 heterocycles. The highest BCUT2D eigenvalue weighted by molar-refractivity contribution is 6.30. The van der Waals surface area contributed by atoms with Crippen LogP contribution in [0.3, 0.4) is 0 Å². The lowest BCUT2D eigenvalue weighted by atomic mass is 9.80. The van der Waals surface area contributed by atoms with Crippen LogP contribution in [-0.2, 0) is 0 Å². The smallest absolute Gasteiger partial charge is 0.263 e. The van der Waals surface area contributed by atoms with Crippen molar-refractivity contribution in [3.63, 3.8) is 0 Å². The Kier molecular flexibility index (Phi) is 4.34. The summed E-state index contributed by atoms with van der Waals surface area (Å²) in [6.45, 7) is 4.64. The second-order valence-corrected chi connectivity index (χ2v) is 7.64. The van der Waals surface area contributed by atoms with Gasteiger partial charge in [0.05, 0.1) is 0 Å². The van der Waals surface area contributed by atoms with Gasteiger partial charge >= 0.3 is 0 Å². The van der Waals surface area contributed by atoms with Crippen LogP contribution in [0.25, 0.3) is 22.4 Å².